The summed E-state index contributed by atoms with van der Waals surface area (Å²) in [6, 6.07) is 7.32. The summed E-state index contributed by atoms with van der Waals surface area (Å²) in [6.45, 7) is 10.8. The molecule has 0 aromatic heterocycles. The summed E-state index contributed by atoms with van der Waals surface area (Å²) < 4.78 is 13.5. The third-order valence-electron chi connectivity index (χ3n) is 3.50. The summed E-state index contributed by atoms with van der Waals surface area (Å²) in [5.74, 6) is -0.142. The van der Waals surface area contributed by atoms with Crippen LogP contribution < -0.4 is 5.32 Å². The van der Waals surface area contributed by atoms with Crippen LogP contribution in [0.5, 0.6) is 0 Å². The highest BCUT2D eigenvalue weighted by molar-refractivity contribution is 5.85. The predicted octanol–water partition coefficient (Wildman–Crippen LogP) is 3.66. The second-order valence-electron chi connectivity index (χ2n) is 6.11. The van der Waals surface area contributed by atoms with Crippen molar-refractivity contribution < 1.29 is 4.39 Å². The van der Waals surface area contributed by atoms with E-state index in [0.29, 0.717) is 0 Å². The van der Waals surface area contributed by atoms with E-state index < -0.39 is 0 Å². The average Bonchev–Trinajstić information content (AvgIpc) is 2.28. The molecule has 20 heavy (non-hydrogen) atoms. The van der Waals surface area contributed by atoms with Crippen molar-refractivity contribution in [2.24, 2.45) is 5.41 Å². The lowest BCUT2D eigenvalue weighted by molar-refractivity contribution is 0.0860. The summed E-state index contributed by atoms with van der Waals surface area (Å²) in [7, 11) is 0. The minimum absolute atomic E-state index is 0. The Balaban J connectivity index is 0.00000180. The fraction of sp³-hybridized carbons (Fsp3) is 0.600. The standard InChI is InChI=1S/C15H23FN2.2ClH/c1-15(2,3)14(18-9-7-17-8-10-18)12-5-4-6-13(16)11-12;;/h4-6,11,14,17H,7-10H2,1-3H3;2*1H/t14-;;/m0../s1. The first-order chi connectivity index (χ1) is 8.48. The molecule has 0 spiro atoms. The van der Waals surface area contributed by atoms with Crippen LogP contribution in [0.25, 0.3) is 0 Å². The van der Waals surface area contributed by atoms with Crippen LogP contribution in [0.1, 0.15) is 32.4 Å². The van der Waals surface area contributed by atoms with Crippen LogP contribution >= 0.6 is 24.8 Å². The van der Waals surface area contributed by atoms with E-state index in [1.165, 1.54) is 6.07 Å². The minimum Gasteiger partial charge on any atom is -0.314 e. The molecule has 0 unspecified atom stereocenters. The quantitative estimate of drug-likeness (QED) is 0.893. The topological polar surface area (TPSA) is 15.3 Å². The van der Waals surface area contributed by atoms with Crippen LogP contribution in [-0.2, 0) is 0 Å². The minimum atomic E-state index is -0.142. The molecule has 1 aromatic carbocycles. The van der Waals surface area contributed by atoms with Gasteiger partial charge in [-0.2, -0.15) is 0 Å². The van der Waals surface area contributed by atoms with E-state index in [-0.39, 0.29) is 42.1 Å². The Bertz CT molecular complexity index is 401. The largest absolute Gasteiger partial charge is 0.314 e. The Morgan fingerprint density at radius 3 is 2.25 bits per heavy atom. The summed E-state index contributed by atoms with van der Waals surface area (Å²) >= 11 is 0. The average molecular weight is 323 g/mol. The fourth-order valence-corrected chi connectivity index (χ4v) is 2.88. The molecule has 1 heterocycles. The van der Waals surface area contributed by atoms with Crippen molar-refractivity contribution in [3.63, 3.8) is 0 Å². The predicted molar refractivity (Wildman–Crippen MR) is 87.5 cm³/mol. The lowest BCUT2D eigenvalue weighted by Crippen LogP contribution is -2.48. The van der Waals surface area contributed by atoms with E-state index in [2.05, 4.69) is 31.0 Å². The van der Waals surface area contributed by atoms with Gasteiger partial charge in [-0.1, -0.05) is 32.9 Å². The van der Waals surface area contributed by atoms with Gasteiger partial charge in [0.1, 0.15) is 5.82 Å². The number of piperazine rings is 1. The number of hydrogen-bond donors (Lipinski definition) is 1. The van der Waals surface area contributed by atoms with Gasteiger partial charge in [0.2, 0.25) is 0 Å². The van der Waals surface area contributed by atoms with Gasteiger partial charge < -0.3 is 5.32 Å². The third kappa shape index (κ3) is 4.88. The lowest BCUT2D eigenvalue weighted by atomic mass is 9.81. The van der Waals surface area contributed by atoms with Gasteiger partial charge >= 0.3 is 0 Å². The number of rotatable bonds is 2. The zero-order valence-corrected chi connectivity index (χ0v) is 14.0. The summed E-state index contributed by atoms with van der Waals surface area (Å²) in [5.41, 5.74) is 1.19. The molecule has 1 atom stereocenters. The first kappa shape index (κ1) is 19.7. The molecule has 2 nitrogen and oxygen atoms in total. The molecule has 1 aliphatic rings. The van der Waals surface area contributed by atoms with Crippen LogP contribution in [0.3, 0.4) is 0 Å². The van der Waals surface area contributed by atoms with Crippen molar-refractivity contribution in [3.8, 4) is 0 Å². The molecular formula is C15H25Cl2FN2. The SMILES string of the molecule is CC(C)(C)[C@H](c1cccc(F)c1)N1CCNCC1.Cl.Cl. The summed E-state index contributed by atoms with van der Waals surface area (Å²) in [4.78, 5) is 2.46. The van der Waals surface area contributed by atoms with E-state index in [1.54, 1.807) is 6.07 Å². The Morgan fingerprint density at radius 2 is 1.75 bits per heavy atom. The van der Waals surface area contributed by atoms with Crippen LogP contribution in [0, 0.1) is 11.2 Å². The van der Waals surface area contributed by atoms with E-state index >= 15 is 0 Å². The van der Waals surface area contributed by atoms with Gasteiger partial charge in [-0.15, -0.1) is 24.8 Å². The second-order valence-corrected chi connectivity index (χ2v) is 6.11. The van der Waals surface area contributed by atoms with Gasteiger partial charge in [0.25, 0.3) is 0 Å². The molecule has 0 saturated carbocycles. The van der Waals surface area contributed by atoms with E-state index in [0.717, 1.165) is 31.7 Å². The Labute approximate surface area is 133 Å². The maximum atomic E-state index is 13.5. The third-order valence-corrected chi connectivity index (χ3v) is 3.50. The molecule has 116 valence electrons. The molecule has 1 aliphatic heterocycles. The molecule has 1 N–H and O–H groups in total. The molecule has 1 saturated heterocycles. The zero-order chi connectivity index (χ0) is 13.2. The number of nitrogens with zero attached hydrogens (tertiary/aromatic N) is 1. The van der Waals surface area contributed by atoms with Crippen molar-refractivity contribution in [2.75, 3.05) is 26.2 Å². The van der Waals surface area contributed by atoms with Crippen LogP contribution in [-0.4, -0.2) is 31.1 Å². The zero-order valence-electron chi connectivity index (χ0n) is 12.4. The molecule has 0 amide bonds. The molecule has 0 aliphatic carbocycles. The Morgan fingerprint density at radius 1 is 1.15 bits per heavy atom. The summed E-state index contributed by atoms with van der Waals surface area (Å²) in [5, 5.41) is 3.37. The van der Waals surface area contributed by atoms with Gasteiger partial charge in [-0.3, -0.25) is 4.90 Å². The van der Waals surface area contributed by atoms with Gasteiger partial charge in [0.05, 0.1) is 0 Å². The normalized spacial score (nSPS) is 17.8. The van der Waals surface area contributed by atoms with Crippen molar-refractivity contribution in [3.05, 3.63) is 35.6 Å². The highest BCUT2D eigenvalue weighted by atomic mass is 35.5. The lowest BCUT2D eigenvalue weighted by Gasteiger charge is -2.42. The van der Waals surface area contributed by atoms with E-state index in [9.17, 15) is 4.39 Å². The first-order valence-electron chi connectivity index (χ1n) is 6.69. The van der Waals surface area contributed by atoms with E-state index in [4.69, 9.17) is 0 Å². The molecular weight excluding hydrogens is 298 g/mol. The monoisotopic (exact) mass is 322 g/mol. The molecule has 2 rings (SSSR count). The van der Waals surface area contributed by atoms with Crippen molar-refractivity contribution >= 4 is 24.8 Å². The van der Waals surface area contributed by atoms with Gasteiger partial charge in [-0.25, -0.2) is 4.39 Å². The molecule has 1 aromatic rings. The molecule has 5 heteroatoms. The molecule has 0 bridgehead atoms. The fourth-order valence-electron chi connectivity index (χ4n) is 2.88. The number of benzene rings is 1. The summed E-state index contributed by atoms with van der Waals surface area (Å²) in [6.07, 6.45) is 0. The highest BCUT2D eigenvalue weighted by Crippen LogP contribution is 2.38. The molecule has 0 radical (unpaired) electrons. The first-order valence-corrected chi connectivity index (χ1v) is 6.69. The maximum absolute atomic E-state index is 13.5. The van der Waals surface area contributed by atoms with Crippen molar-refractivity contribution in [1.29, 1.82) is 0 Å². The number of halogens is 3. The van der Waals surface area contributed by atoms with Gasteiger partial charge in [-0.05, 0) is 23.1 Å². The second kappa shape index (κ2) is 8.18. The van der Waals surface area contributed by atoms with Crippen LogP contribution in [0.4, 0.5) is 4.39 Å². The molecule has 1 fully saturated rings. The maximum Gasteiger partial charge on any atom is 0.123 e. The van der Waals surface area contributed by atoms with Crippen molar-refractivity contribution in [1.82, 2.24) is 10.2 Å². The Hall–Kier alpha value is -0.350. The van der Waals surface area contributed by atoms with Gasteiger partial charge in [0, 0.05) is 32.2 Å². The number of hydrogen-bond acceptors (Lipinski definition) is 2. The van der Waals surface area contributed by atoms with Gasteiger partial charge in [0.15, 0.2) is 0 Å². The smallest absolute Gasteiger partial charge is 0.123 e. The number of nitrogens with one attached hydrogen (secondary N) is 1. The Kier molecular flexibility index (Phi) is 8.04. The van der Waals surface area contributed by atoms with Crippen LogP contribution in [0.15, 0.2) is 24.3 Å². The van der Waals surface area contributed by atoms with E-state index in [1.807, 2.05) is 12.1 Å². The van der Waals surface area contributed by atoms with Crippen molar-refractivity contribution in [2.45, 2.75) is 26.8 Å². The van der Waals surface area contributed by atoms with Crippen LogP contribution in [0.2, 0.25) is 0 Å². The highest BCUT2D eigenvalue weighted by Gasteiger charge is 2.32.